The monoisotopic (exact) mass is 308 g/mol. The summed E-state index contributed by atoms with van der Waals surface area (Å²) in [5.74, 6) is -1.43. The van der Waals surface area contributed by atoms with Crippen LogP contribution in [0.2, 0.25) is 0 Å². The second-order valence-corrected chi connectivity index (χ2v) is 6.60. The van der Waals surface area contributed by atoms with Crippen molar-refractivity contribution < 1.29 is 32.3 Å². The zero-order chi connectivity index (χ0) is 15.6. The maximum Gasteiger partial charge on any atom is 0.339 e. The van der Waals surface area contributed by atoms with Crippen LogP contribution < -0.4 is 0 Å². The van der Waals surface area contributed by atoms with Crippen molar-refractivity contribution in [3.63, 3.8) is 0 Å². The molecule has 1 unspecified atom stereocenters. The summed E-state index contributed by atoms with van der Waals surface area (Å²) in [6, 6.07) is 0. The quantitative estimate of drug-likeness (QED) is 0.403. The highest BCUT2D eigenvalue weighted by Gasteiger charge is 2.53. The Morgan fingerprint density at radius 1 is 1.45 bits per heavy atom. The fourth-order valence-electron chi connectivity index (χ4n) is 2.58. The Kier molecular flexibility index (Phi) is 5.31. The first kappa shape index (κ1) is 17.1. The molecule has 0 aromatic carbocycles. The molecule has 0 aromatic heterocycles. The van der Waals surface area contributed by atoms with E-state index in [1.54, 1.807) is 0 Å². The Hall–Kier alpha value is -0.960. The molecule has 8 heteroatoms. The van der Waals surface area contributed by atoms with Gasteiger partial charge < -0.3 is 14.9 Å². The maximum atomic E-state index is 11.9. The summed E-state index contributed by atoms with van der Waals surface area (Å²) < 4.78 is 32.3. The molecule has 2 N–H and O–H groups in total. The number of rotatable bonds is 5. The molecule has 0 saturated heterocycles. The van der Waals surface area contributed by atoms with Crippen molar-refractivity contribution in [3.8, 4) is 0 Å². The Morgan fingerprint density at radius 2 is 2.05 bits per heavy atom. The molecule has 0 heterocycles. The molecule has 0 spiro atoms. The minimum absolute atomic E-state index is 0.0724. The highest BCUT2D eigenvalue weighted by atomic mass is 32.2. The lowest BCUT2D eigenvalue weighted by atomic mass is 9.73. The minimum atomic E-state index is -3.94. The normalized spacial score (nSPS) is 34.5. The number of carbonyl (C=O) groups excluding carboxylic acids is 1. The van der Waals surface area contributed by atoms with Crippen molar-refractivity contribution >= 4 is 16.1 Å². The van der Waals surface area contributed by atoms with Crippen LogP contribution in [-0.4, -0.2) is 55.8 Å². The van der Waals surface area contributed by atoms with Crippen LogP contribution in [0.4, 0.5) is 0 Å². The average Bonchev–Trinajstić information content (AvgIpc) is 2.32. The number of ether oxygens (including phenoxy) is 1. The first-order valence-electron chi connectivity index (χ1n) is 6.11. The first-order chi connectivity index (χ1) is 9.15. The van der Waals surface area contributed by atoms with E-state index in [2.05, 4.69) is 11.3 Å². The van der Waals surface area contributed by atoms with E-state index < -0.39 is 39.8 Å². The van der Waals surface area contributed by atoms with E-state index in [1.807, 2.05) is 0 Å². The predicted octanol–water partition coefficient (Wildman–Crippen LogP) is -0.418. The van der Waals surface area contributed by atoms with Gasteiger partial charge in [0.2, 0.25) is 0 Å². The molecule has 7 nitrogen and oxygen atoms in total. The summed E-state index contributed by atoms with van der Waals surface area (Å²) in [7, 11) is -2.83. The van der Waals surface area contributed by atoms with Crippen molar-refractivity contribution in [1.82, 2.24) is 0 Å². The number of aliphatic hydroxyl groups excluding tert-OH is 2. The number of methoxy groups -OCH3 is 1. The van der Waals surface area contributed by atoms with Gasteiger partial charge in [0.25, 0.3) is 10.1 Å². The molecule has 1 aliphatic rings. The van der Waals surface area contributed by atoms with Crippen LogP contribution in [-0.2, 0) is 23.8 Å². The van der Waals surface area contributed by atoms with Crippen molar-refractivity contribution in [2.24, 2.45) is 5.92 Å². The number of carbonyl (C=O) groups is 1. The second kappa shape index (κ2) is 6.21. The van der Waals surface area contributed by atoms with Gasteiger partial charge in [-0.15, -0.1) is 6.58 Å². The molecule has 0 aromatic rings. The van der Waals surface area contributed by atoms with Gasteiger partial charge in [0, 0.05) is 6.42 Å². The molecule has 0 radical (unpaired) electrons. The van der Waals surface area contributed by atoms with E-state index in [-0.39, 0.29) is 12.8 Å². The van der Waals surface area contributed by atoms with E-state index in [0.717, 1.165) is 13.4 Å². The summed E-state index contributed by atoms with van der Waals surface area (Å²) in [5.41, 5.74) is -1.81. The second-order valence-electron chi connectivity index (χ2n) is 5.02. The molecule has 1 aliphatic carbocycles. The Labute approximate surface area is 118 Å². The third kappa shape index (κ3) is 3.78. The smallest absolute Gasteiger partial charge is 0.339 e. The van der Waals surface area contributed by atoms with Gasteiger partial charge in [-0.1, -0.05) is 6.08 Å². The lowest BCUT2D eigenvalue weighted by Crippen LogP contribution is -2.56. The van der Waals surface area contributed by atoms with Gasteiger partial charge in [-0.2, -0.15) is 8.42 Å². The number of esters is 1. The summed E-state index contributed by atoms with van der Waals surface area (Å²) >= 11 is 0. The summed E-state index contributed by atoms with van der Waals surface area (Å²) in [6.07, 6.45) is -0.127. The molecule has 0 amide bonds. The number of hydrogen-bond acceptors (Lipinski definition) is 7. The molecular formula is C12H20O7S. The van der Waals surface area contributed by atoms with E-state index in [0.29, 0.717) is 6.42 Å². The number of aliphatic hydroxyl groups is 2. The SMILES string of the molecule is C=CC[C@H]1C[C@@](OS(C)(=O)=O)(C(=O)OC)C[C@@H](O)C1O. The van der Waals surface area contributed by atoms with Crippen LogP contribution in [0, 0.1) is 5.92 Å². The average molecular weight is 308 g/mol. The van der Waals surface area contributed by atoms with Gasteiger partial charge in [-0.25, -0.2) is 4.79 Å². The lowest BCUT2D eigenvalue weighted by Gasteiger charge is -2.42. The van der Waals surface area contributed by atoms with Crippen molar-refractivity contribution in [1.29, 1.82) is 0 Å². The van der Waals surface area contributed by atoms with Gasteiger partial charge in [0.15, 0.2) is 5.60 Å². The fourth-order valence-corrected chi connectivity index (χ4v) is 3.37. The lowest BCUT2D eigenvalue weighted by molar-refractivity contribution is -0.176. The first-order valence-corrected chi connectivity index (χ1v) is 7.93. The summed E-state index contributed by atoms with van der Waals surface area (Å²) in [5, 5.41) is 19.8. The third-order valence-electron chi connectivity index (χ3n) is 3.35. The fraction of sp³-hybridized carbons (Fsp3) is 0.750. The molecule has 0 bridgehead atoms. The van der Waals surface area contributed by atoms with E-state index in [1.165, 1.54) is 6.08 Å². The van der Waals surface area contributed by atoms with Gasteiger partial charge in [0.1, 0.15) is 0 Å². The summed E-state index contributed by atoms with van der Waals surface area (Å²) in [4.78, 5) is 11.9. The van der Waals surface area contributed by atoms with Crippen LogP contribution in [0.15, 0.2) is 12.7 Å². The summed E-state index contributed by atoms with van der Waals surface area (Å²) in [6.45, 7) is 3.53. The largest absolute Gasteiger partial charge is 0.467 e. The third-order valence-corrected chi connectivity index (χ3v) is 3.97. The van der Waals surface area contributed by atoms with Crippen LogP contribution in [0.1, 0.15) is 19.3 Å². The Balaban J connectivity index is 3.16. The molecule has 0 aliphatic heterocycles. The Morgan fingerprint density at radius 3 is 2.50 bits per heavy atom. The Bertz CT molecular complexity index is 472. The zero-order valence-electron chi connectivity index (χ0n) is 11.5. The predicted molar refractivity (Wildman–Crippen MR) is 70.2 cm³/mol. The van der Waals surface area contributed by atoms with Crippen molar-refractivity contribution in [2.75, 3.05) is 13.4 Å². The molecule has 1 rings (SSSR count). The number of allylic oxidation sites excluding steroid dienone is 1. The van der Waals surface area contributed by atoms with Gasteiger partial charge in [0.05, 0.1) is 25.6 Å². The number of hydrogen-bond donors (Lipinski definition) is 2. The van der Waals surface area contributed by atoms with Gasteiger partial charge in [-0.05, 0) is 18.8 Å². The van der Waals surface area contributed by atoms with Crippen LogP contribution >= 0.6 is 0 Å². The van der Waals surface area contributed by atoms with Crippen molar-refractivity contribution in [3.05, 3.63) is 12.7 Å². The van der Waals surface area contributed by atoms with Crippen LogP contribution in [0.25, 0.3) is 0 Å². The standard InChI is InChI=1S/C12H20O7S/c1-4-5-8-6-12(11(15)18-2,19-20(3,16)17)7-9(13)10(8)14/h4,8-10,13-14H,1,5-7H2,2-3H3/t8-,9+,10?,12-/m0/s1. The molecule has 1 fully saturated rings. The van der Waals surface area contributed by atoms with Gasteiger partial charge in [-0.3, -0.25) is 4.18 Å². The molecule has 1 saturated carbocycles. The molecule has 116 valence electrons. The topological polar surface area (TPSA) is 110 Å². The van der Waals surface area contributed by atoms with Crippen LogP contribution in [0.3, 0.4) is 0 Å². The van der Waals surface area contributed by atoms with Crippen LogP contribution in [0.5, 0.6) is 0 Å². The maximum absolute atomic E-state index is 11.9. The van der Waals surface area contributed by atoms with E-state index >= 15 is 0 Å². The van der Waals surface area contributed by atoms with Gasteiger partial charge >= 0.3 is 5.97 Å². The highest BCUT2D eigenvalue weighted by molar-refractivity contribution is 7.86. The molecular weight excluding hydrogens is 288 g/mol. The highest BCUT2D eigenvalue weighted by Crippen LogP contribution is 2.39. The zero-order valence-corrected chi connectivity index (χ0v) is 12.3. The minimum Gasteiger partial charge on any atom is -0.467 e. The molecule has 20 heavy (non-hydrogen) atoms. The van der Waals surface area contributed by atoms with E-state index in [9.17, 15) is 23.4 Å². The molecule has 4 atom stereocenters. The van der Waals surface area contributed by atoms with Crippen molar-refractivity contribution in [2.45, 2.75) is 37.1 Å². The van der Waals surface area contributed by atoms with E-state index in [4.69, 9.17) is 4.18 Å².